The molecular weight excluding hydrogens is 483 g/mol. The van der Waals surface area contributed by atoms with E-state index in [0.717, 1.165) is 26.0 Å². The summed E-state index contributed by atoms with van der Waals surface area (Å²) < 4.78 is 40.7. The van der Waals surface area contributed by atoms with Gasteiger partial charge in [0.25, 0.3) is 0 Å². The molecule has 0 atom stereocenters. The lowest BCUT2D eigenvalue weighted by Crippen LogP contribution is -2.40. The maximum Gasteiger partial charge on any atom is 0.416 e. The zero-order valence-electron chi connectivity index (χ0n) is 12.6. The summed E-state index contributed by atoms with van der Waals surface area (Å²) in [6, 6.07) is 9.15. The number of benzene rings is 2. The highest BCUT2D eigenvalue weighted by atomic mass is 79.9. The Balaban J connectivity index is 2.02. The second kappa shape index (κ2) is 7.20. The average Bonchev–Trinajstić information content (AvgIpc) is 2.56. The maximum absolute atomic E-state index is 13.0. The average molecular weight is 495 g/mol. The highest BCUT2D eigenvalue weighted by Gasteiger charge is 2.32. The fraction of sp³-hybridized carbons (Fsp3) is 0.188. The van der Waals surface area contributed by atoms with Crippen molar-refractivity contribution in [2.75, 3.05) is 17.2 Å². The molecule has 0 bridgehead atoms. The smallest absolute Gasteiger partial charge is 0.369 e. The third-order valence-corrected chi connectivity index (χ3v) is 5.78. The van der Waals surface area contributed by atoms with Gasteiger partial charge in [-0.05, 0) is 52.3 Å². The molecule has 1 heterocycles. The van der Waals surface area contributed by atoms with E-state index in [-0.39, 0.29) is 5.96 Å². The Kier molecular flexibility index (Phi) is 5.36. The molecule has 2 aromatic rings. The monoisotopic (exact) mass is 493 g/mol. The number of rotatable bonds is 1. The van der Waals surface area contributed by atoms with Gasteiger partial charge in [-0.2, -0.15) is 13.2 Å². The van der Waals surface area contributed by atoms with E-state index < -0.39 is 11.7 Å². The third-order valence-electron chi connectivity index (χ3n) is 3.57. The normalized spacial score (nSPS) is 15.2. The highest BCUT2D eigenvalue weighted by Crippen LogP contribution is 2.40. The van der Waals surface area contributed by atoms with Gasteiger partial charge in [0.2, 0.25) is 5.96 Å². The quantitative estimate of drug-likeness (QED) is 0.403. The number of nitrogens with two attached hydrogens (primary N) is 1. The summed E-state index contributed by atoms with van der Waals surface area (Å²) >= 11 is 8.27. The summed E-state index contributed by atoms with van der Waals surface area (Å²) in [6.45, 7) is 0.486. The van der Waals surface area contributed by atoms with E-state index in [1.54, 1.807) is 11.0 Å². The van der Waals surface area contributed by atoms with Crippen LogP contribution in [0.5, 0.6) is 0 Å². The van der Waals surface area contributed by atoms with Gasteiger partial charge in [-0.15, -0.1) is 11.8 Å². The molecule has 2 N–H and O–H groups in total. The van der Waals surface area contributed by atoms with Gasteiger partial charge in [0.15, 0.2) is 0 Å². The van der Waals surface area contributed by atoms with Crippen molar-refractivity contribution >= 4 is 61.0 Å². The van der Waals surface area contributed by atoms with Crippen LogP contribution in [0.3, 0.4) is 0 Å². The van der Waals surface area contributed by atoms with Crippen LogP contribution in [-0.4, -0.2) is 18.3 Å². The molecule has 0 spiro atoms. The molecule has 0 saturated heterocycles. The molecular formula is C16H12Br2F3N3S. The summed E-state index contributed by atoms with van der Waals surface area (Å²) in [5, 5.41) is 0. The minimum absolute atomic E-state index is 0.152. The molecule has 25 heavy (non-hydrogen) atoms. The van der Waals surface area contributed by atoms with Crippen molar-refractivity contribution in [3.63, 3.8) is 0 Å². The van der Waals surface area contributed by atoms with E-state index in [1.807, 2.05) is 12.1 Å². The predicted molar refractivity (Wildman–Crippen MR) is 103 cm³/mol. The van der Waals surface area contributed by atoms with Gasteiger partial charge >= 0.3 is 6.18 Å². The van der Waals surface area contributed by atoms with Gasteiger partial charge in [-0.1, -0.05) is 15.9 Å². The van der Waals surface area contributed by atoms with Gasteiger partial charge in [0.05, 0.1) is 16.9 Å². The summed E-state index contributed by atoms with van der Waals surface area (Å²) in [5.74, 6) is 0.869. The Hall–Kier alpha value is -1.19. The first-order valence-corrected chi connectivity index (χ1v) is 9.73. The molecule has 1 aliphatic heterocycles. The first-order valence-electron chi connectivity index (χ1n) is 7.16. The number of guanidine groups is 1. The lowest BCUT2D eigenvalue weighted by molar-refractivity contribution is -0.137. The van der Waals surface area contributed by atoms with Crippen LogP contribution >= 0.6 is 43.6 Å². The lowest BCUT2D eigenvalue weighted by atomic mass is 10.1. The Morgan fingerprint density at radius 1 is 1.16 bits per heavy atom. The van der Waals surface area contributed by atoms with Crippen LogP contribution in [0, 0.1) is 0 Å². The fourth-order valence-corrected chi connectivity index (χ4v) is 4.05. The van der Waals surface area contributed by atoms with Crippen molar-refractivity contribution in [2.45, 2.75) is 11.1 Å². The molecule has 0 amide bonds. The highest BCUT2D eigenvalue weighted by molar-refractivity contribution is 9.11. The molecule has 0 fully saturated rings. The first-order chi connectivity index (χ1) is 11.8. The molecule has 1 aliphatic rings. The SMILES string of the molecule is NC(=Nc1cc(Br)ccc1Br)N1CCSc2ccc(C(F)(F)F)cc21. The lowest BCUT2D eigenvalue weighted by Gasteiger charge is -2.30. The number of thioether (sulfide) groups is 1. The van der Waals surface area contributed by atoms with Crippen molar-refractivity contribution in [3.8, 4) is 0 Å². The second-order valence-corrected chi connectivity index (χ2v) is 8.15. The number of alkyl halides is 3. The van der Waals surface area contributed by atoms with Crippen molar-refractivity contribution in [2.24, 2.45) is 10.7 Å². The van der Waals surface area contributed by atoms with E-state index >= 15 is 0 Å². The van der Waals surface area contributed by atoms with Gasteiger partial charge in [-0.3, -0.25) is 0 Å². The van der Waals surface area contributed by atoms with Crippen LogP contribution in [0.15, 0.2) is 55.2 Å². The molecule has 0 radical (unpaired) electrons. The first kappa shape index (κ1) is 18.6. The van der Waals surface area contributed by atoms with Gasteiger partial charge in [0.1, 0.15) is 0 Å². The van der Waals surface area contributed by atoms with Crippen LogP contribution in [0.25, 0.3) is 0 Å². The van der Waals surface area contributed by atoms with Crippen LogP contribution in [0.1, 0.15) is 5.56 Å². The molecule has 0 unspecified atom stereocenters. The molecule has 3 nitrogen and oxygen atoms in total. The fourth-order valence-electron chi connectivity index (χ4n) is 2.39. The van der Waals surface area contributed by atoms with Crippen molar-refractivity contribution < 1.29 is 13.2 Å². The number of anilines is 1. The number of aliphatic imine (C=N–C) groups is 1. The Bertz CT molecular complexity index is 840. The Morgan fingerprint density at radius 2 is 1.92 bits per heavy atom. The van der Waals surface area contributed by atoms with Crippen molar-refractivity contribution in [1.82, 2.24) is 0 Å². The number of nitrogens with zero attached hydrogens (tertiary/aromatic N) is 2. The standard InChI is InChI=1S/C16H12Br2F3N3S/c17-10-2-3-11(18)12(8-10)23-15(22)24-5-6-25-14-4-1-9(7-13(14)24)16(19,20)21/h1-4,7-8H,5-6H2,(H2,22,23). The molecule has 9 heteroatoms. The second-order valence-electron chi connectivity index (χ2n) is 5.25. The summed E-state index contributed by atoms with van der Waals surface area (Å²) in [7, 11) is 0. The van der Waals surface area contributed by atoms with E-state index in [4.69, 9.17) is 5.73 Å². The minimum Gasteiger partial charge on any atom is -0.369 e. The zero-order valence-corrected chi connectivity index (χ0v) is 16.6. The topological polar surface area (TPSA) is 41.6 Å². The van der Waals surface area contributed by atoms with Gasteiger partial charge < -0.3 is 10.6 Å². The predicted octanol–water partition coefficient (Wildman–Crippen LogP) is 5.79. The zero-order chi connectivity index (χ0) is 18.2. The molecule has 132 valence electrons. The summed E-state index contributed by atoms with van der Waals surface area (Å²) in [5.41, 5.74) is 6.45. The molecule has 0 saturated carbocycles. The van der Waals surface area contributed by atoms with Gasteiger partial charge in [-0.25, -0.2) is 4.99 Å². The molecule has 0 aliphatic carbocycles. The van der Waals surface area contributed by atoms with Crippen LogP contribution in [0.2, 0.25) is 0 Å². The van der Waals surface area contributed by atoms with Gasteiger partial charge in [0, 0.05) is 26.1 Å². The van der Waals surface area contributed by atoms with Crippen LogP contribution < -0.4 is 10.6 Å². The summed E-state index contributed by atoms with van der Waals surface area (Å²) in [4.78, 5) is 6.76. The van der Waals surface area contributed by atoms with Crippen molar-refractivity contribution in [3.05, 3.63) is 50.9 Å². The Morgan fingerprint density at radius 3 is 2.64 bits per heavy atom. The third kappa shape index (κ3) is 4.15. The van der Waals surface area contributed by atoms with E-state index in [2.05, 4.69) is 36.9 Å². The van der Waals surface area contributed by atoms with E-state index in [9.17, 15) is 13.2 Å². The van der Waals surface area contributed by atoms with Crippen molar-refractivity contribution in [1.29, 1.82) is 0 Å². The van der Waals surface area contributed by atoms with E-state index in [0.29, 0.717) is 23.7 Å². The minimum atomic E-state index is -4.40. The largest absolute Gasteiger partial charge is 0.416 e. The van der Waals surface area contributed by atoms with Crippen LogP contribution in [-0.2, 0) is 6.18 Å². The maximum atomic E-state index is 13.0. The summed E-state index contributed by atoms with van der Waals surface area (Å²) in [6.07, 6.45) is -4.40. The number of hydrogen-bond donors (Lipinski definition) is 1. The Labute approximate surface area is 163 Å². The molecule has 3 rings (SSSR count). The number of hydrogen-bond acceptors (Lipinski definition) is 2. The number of fused-ring (bicyclic) bond motifs is 1. The molecule has 0 aromatic heterocycles. The number of halogens is 5. The molecule has 2 aromatic carbocycles. The van der Waals surface area contributed by atoms with Crippen LogP contribution in [0.4, 0.5) is 24.5 Å². The van der Waals surface area contributed by atoms with E-state index in [1.165, 1.54) is 17.8 Å².